The van der Waals surface area contributed by atoms with Gasteiger partial charge >= 0.3 is 0 Å². The van der Waals surface area contributed by atoms with Crippen LogP contribution in [0, 0.1) is 11.8 Å². The van der Waals surface area contributed by atoms with Gasteiger partial charge in [-0.2, -0.15) is 0 Å². The fraction of sp³-hybridized carbons (Fsp3) is 0.867. The van der Waals surface area contributed by atoms with Crippen molar-refractivity contribution >= 4 is 11.8 Å². The summed E-state index contributed by atoms with van der Waals surface area (Å²) in [6.07, 6.45) is 3.47. The molecule has 0 saturated carbocycles. The van der Waals surface area contributed by atoms with E-state index in [-0.39, 0.29) is 23.8 Å². The molecule has 5 heteroatoms. The van der Waals surface area contributed by atoms with E-state index in [1.54, 1.807) is 0 Å². The molecule has 2 aliphatic rings. The molecule has 0 spiro atoms. The Morgan fingerprint density at radius 3 is 2.90 bits per heavy atom. The SMILES string of the molecule is CCC(C)C1NC(=O)CCN(CC2CCCOC2)C1=O. The Balaban J connectivity index is 2.02. The van der Waals surface area contributed by atoms with E-state index >= 15 is 0 Å². The van der Waals surface area contributed by atoms with Gasteiger partial charge in [0.2, 0.25) is 11.8 Å². The van der Waals surface area contributed by atoms with E-state index in [0.717, 1.165) is 39.0 Å². The highest BCUT2D eigenvalue weighted by atomic mass is 16.5. The van der Waals surface area contributed by atoms with Crippen LogP contribution in [0.3, 0.4) is 0 Å². The van der Waals surface area contributed by atoms with Gasteiger partial charge in [-0.05, 0) is 24.7 Å². The fourth-order valence-corrected chi connectivity index (χ4v) is 2.92. The molecule has 1 N–H and O–H groups in total. The van der Waals surface area contributed by atoms with Crippen molar-refractivity contribution in [1.29, 1.82) is 0 Å². The summed E-state index contributed by atoms with van der Waals surface area (Å²) in [5.41, 5.74) is 0. The standard InChI is InChI=1S/C15H26N2O3/c1-3-11(2)14-15(19)17(7-6-13(18)16-14)9-12-5-4-8-20-10-12/h11-12,14H,3-10H2,1-2H3,(H,16,18). The van der Waals surface area contributed by atoms with E-state index in [4.69, 9.17) is 4.74 Å². The Hall–Kier alpha value is -1.10. The van der Waals surface area contributed by atoms with Crippen LogP contribution in [-0.4, -0.2) is 49.1 Å². The van der Waals surface area contributed by atoms with Crippen LogP contribution in [-0.2, 0) is 14.3 Å². The van der Waals surface area contributed by atoms with Gasteiger partial charge in [-0.3, -0.25) is 9.59 Å². The van der Waals surface area contributed by atoms with Gasteiger partial charge in [-0.25, -0.2) is 0 Å². The predicted molar refractivity (Wildman–Crippen MR) is 76.1 cm³/mol. The smallest absolute Gasteiger partial charge is 0.245 e. The lowest BCUT2D eigenvalue weighted by Gasteiger charge is -2.31. The molecule has 2 heterocycles. The molecule has 2 amide bonds. The summed E-state index contributed by atoms with van der Waals surface area (Å²) >= 11 is 0. The van der Waals surface area contributed by atoms with Crippen LogP contribution in [0.15, 0.2) is 0 Å². The average Bonchev–Trinajstić information content (AvgIpc) is 2.61. The minimum atomic E-state index is -0.362. The van der Waals surface area contributed by atoms with Crippen LogP contribution < -0.4 is 5.32 Å². The fourth-order valence-electron chi connectivity index (χ4n) is 2.92. The molecule has 0 aliphatic carbocycles. The Labute approximate surface area is 121 Å². The zero-order chi connectivity index (χ0) is 14.5. The molecular formula is C15H26N2O3. The van der Waals surface area contributed by atoms with Crippen LogP contribution in [0.5, 0.6) is 0 Å². The second-order valence-corrected chi connectivity index (χ2v) is 6.05. The highest BCUT2D eigenvalue weighted by molar-refractivity contribution is 5.90. The van der Waals surface area contributed by atoms with Crippen molar-refractivity contribution in [3.63, 3.8) is 0 Å². The van der Waals surface area contributed by atoms with Gasteiger partial charge in [0.25, 0.3) is 0 Å². The highest BCUT2D eigenvalue weighted by Crippen LogP contribution is 2.19. The number of carbonyl (C=O) groups excluding carboxylic acids is 2. The molecule has 2 saturated heterocycles. The molecule has 0 bridgehead atoms. The average molecular weight is 282 g/mol. The first-order chi connectivity index (χ1) is 9.61. The second-order valence-electron chi connectivity index (χ2n) is 6.05. The summed E-state index contributed by atoms with van der Waals surface area (Å²) < 4.78 is 5.49. The maximum Gasteiger partial charge on any atom is 0.245 e. The van der Waals surface area contributed by atoms with E-state index < -0.39 is 0 Å². The van der Waals surface area contributed by atoms with Crippen LogP contribution in [0.2, 0.25) is 0 Å². The van der Waals surface area contributed by atoms with Crippen LogP contribution in [0.4, 0.5) is 0 Å². The second kappa shape index (κ2) is 7.07. The Morgan fingerprint density at radius 1 is 1.45 bits per heavy atom. The highest BCUT2D eigenvalue weighted by Gasteiger charge is 2.34. The van der Waals surface area contributed by atoms with Crippen LogP contribution in [0.25, 0.3) is 0 Å². The zero-order valence-electron chi connectivity index (χ0n) is 12.6. The van der Waals surface area contributed by atoms with Gasteiger partial charge in [0.1, 0.15) is 6.04 Å². The molecule has 3 unspecified atom stereocenters. The molecule has 2 fully saturated rings. The zero-order valence-corrected chi connectivity index (χ0v) is 12.6. The topological polar surface area (TPSA) is 58.6 Å². The van der Waals surface area contributed by atoms with Gasteiger partial charge in [-0.15, -0.1) is 0 Å². The minimum absolute atomic E-state index is 0.00829. The molecule has 114 valence electrons. The Kier molecular flexibility index (Phi) is 5.40. The summed E-state index contributed by atoms with van der Waals surface area (Å²) in [4.78, 5) is 26.3. The summed E-state index contributed by atoms with van der Waals surface area (Å²) in [7, 11) is 0. The number of nitrogens with zero attached hydrogens (tertiary/aromatic N) is 1. The third-order valence-electron chi connectivity index (χ3n) is 4.45. The lowest BCUT2D eigenvalue weighted by Crippen LogP contribution is -2.49. The third-order valence-corrected chi connectivity index (χ3v) is 4.45. The lowest BCUT2D eigenvalue weighted by atomic mass is 9.97. The lowest BCUT2D eigenvalue weighted by molar-refractivity contribution is -0.136. The summed E-state index contributed by atoms with van der Waals surface area (Å²) in [5.74, 6) is 0.662. The number of amides is 2. The molecule has 2 aliphatic heterocycles. The number of hydrogen-bond acceptors (Lipinski definition) is 3. The largest absolute Gasteiger partial charge is 0.381 e. The number of nitrogens with one attached hydrogen (secondary N) is 1. The number of carbonyl (C=O) groups is 2. The molecule has 0 radical (unpaired) electrons. The monoisotopic (exact) mass is 282 g/mol. The number of ether oxygens (including phenoxy) is 1. The van der Waals surface area contributed by atoms with E-state index in [2.05, 4.69) is 5.32 Å². The van der Waals surface area contributed by atoms with Crippen molar-refractivity contribution in [2.45, 2.75) is 45.6 Å². The maximum absolute atomic E-state index is 12.6. The van der Waals surface area contributed by atoms with E-state index in [0.29, 0.717) is 18.9 Å². The van der Waals surface area contributed by atoms with Gasteiger partial charge in [0.15, 0.2) is 0 Å². The van der Waals surface area contributed by atoms with Crippen molar-refractivity contribution in [3.8, 4) is 0 Å². The molecule has 5 nitrogen and oxygen atoms in total. The number of hydrogen-bond donors (Lipinski definition) is 1. The first kappa shape index (κ1) is 15.3. The van der Waals surface area contributed by atoms with Gasteiger partial charge < -0.3 is 15.0 Å². The Morgan fingerprint density at radius 2 is 2.25 bits per heavy atom. The summed E-state index contributed by atoms with van der Waals surface area (Å²) in [6.45, 7) is 6.90. The van der Waals surface area contributed by atoms with Crippen molar-refractivity contribution in [3.05, 3.63) is 0 Å². The van der Waals surface area contributed by atoms with E-state index in [1.807, 2.05) is 18.7 Å². The minimum Gasteiger partial charge on any atom is -0.381 e. The van der Waals surface area contributed by atoms with Gasteiger partial charge in [-0.1, -0.05) is 20.3 Å². The summed E-state index contributed by atoms with van der Waals surface area (Å²) in [6, 6.07) is -0.362. The molecular weight excluding hydrogens is 256 g/mol. The Bertz CT molecular complexity index is 353. The molecule has 20 heavy (non-hydrogen) atoms. The van der Waals surface area contributed by atoms with Crippen molar-refractivity contribution in [2.24, 2.45) is 11.8 Å². The van der Waals surface area contributed by atoms with E-state index in [9.17, 15) is 9.59 Å². The molecule has 0 aromatic heterocycles. The quantitative estimate of drug-likeness (QED) is 0.842. The van der Waals surface area contributed by atoms with Gasteiger partial charge in [0, 0.05) is 26.1 Å². The van der Waals surface area contributed by atoms with Crippen molar-refractivity contribution in [1.82, 2.24) is 10.2 Å². The molecule has 3 atom stereocenters. The number of rotatable bonds is 4. The van der Waals surface area contributed by atoms with Gasteiger partial charge in [0.05, 0.1) is 6.61 Å². The normalized spacial score (nSPS) is 29.8. The maximum atomic E-state index is 12.6. The predicted octanol–water partition coefficient (Wildman–Crippen LogP) is 1.18. The van der Waals surface area contributed by atoms with Crippen LogP contribution >= 0.6 is 0 Å². The first-order valence-corrected chi connectivity index (χ1v) is 7.77. The molecule has 0 aromatic carbocycles. The summed E-state index contributed by atoms with van der Waals surface area (Å²) in [5, 5.41) is 2.89. The van der Waals surface area contributed by atoms with Crippen LogP contribution in [0.1, 0.15) is 39.5 Å². The van der Waals surface area contributed by atoms with Crippen molar-refractivity contribution < 1.29 is 14.3 Å². The third kappa shape index (κ3) is 3.72. The first-order valence-electron chi connectivity index (χ1n) is 7.77. The molecule has 0 aromatic rings. The van der Waals surface area contributed by atoms with Crippen molar-refractivity contribution in [2.75, 3.05) is 26.3 Å². The van der Waals surface area contributed by atoms with E-state index in [1.165, 1.54) is 0 Å². The molecule has 2 rings (SSSR count).